The van der Waals surface area contributed by atoms with E-state index in [4.69, 9.17) is 4.74 Å². The van der Waals surface area contributed by atoms with Gasteiger partial charge in [-0.15, -0.1) is 0 Å². The number of carboxylic acid groups (broad SMARTS) is 1. The minimum atomic E-state index is -0.993. The van der Waals surface area contributed by atoms with Crippen LogP contribution in [0.4, 0.5) is 4.79 Å². The number of aliphatic hydroxyl groups is 1. The summed E-state index contributed by atoms with van der Waals surface area (Å²) in [4.78, 5) is 23.7. The molecule has 0 radical (unpaired) electrons. The van der Waals surface area contributed by atoms with Gasteiger partial charge in [-0.05, 0) is 23.8 Å². The summed E-state index contributed by atoms with van der Waals surface area (Å²) in [5.74, 6) is -1.20. The van der Waals surface area contributed by atoms with Crippen molar-refractivity contribution in [2.24, 2.45) is 16.7 Å². The molecule has 25 heavy (non-hydrogen) atoms. The number of benzene rings is 1. The van der Waals surface area contributed by atoms with E-state index in [-0.39, 0.29) is 25.5 Å². The van der Waals surface area contributed by atoms with Crippen LogP contribution in [0.1, 0.15) is 39.2 Å². The lowest BCUT2D eigenvalue weighted by atomic mass is 9.65. The molecular weight excluding hydrogens is 322 g/mol. The lowest BCUT2D eigenvalue weighted by Crippen LogP contribution is -2.41. The van der Waals surface area contributed by atoms with Crippen LogP contribution in [0.3, 0.4) is 0 Å². The molecule has 2 rings (SSSR count). The average molecular weight is 349 g/mol. The Hall–Kier alpha value is -2.08. The molecule has 3 N–H and O–H groups in total. The van der Waals surface area contributed by atoms with Gasteiger partial charge in [0.15, 0.2) is 0 Å². The highest BCUT2D eigenvalue weighted by Crippen LogP contribution is 2.53. The van der Waals surface area contributed by atoms with Crippen LogP contribution in [-0.2, 0) is 16.1 Å². The van der Waals surface area contributed by atoms with E-state index in [1.165, 1.54) is 0 Å². The van der Waals surface area contributed by atoms with Gasteiger partial charge in [0.25, 0.3) is 0 Å². The number of amides is 1. The molecule has 0 unspecified atom stereocenters. The highest BCUT2D eigenvalue weighted by atomic mass is 16.5. The van der Waals surface area contributed by atoms with Crippen molar-refractivity contribution in [2.45, 2.75) is 46.3 Å². The Balaban J connectivity index is 1.88. The van der Waals surface area contributed by atoms with Crippen molar-refractivity contribution in [2.75, 3.05) is 6.54 Å². The molecule has 6 heteroatoms. The predicted octanol–water partition coefficient (Wildman–Crippen LogP) is 2.80. The summed E-state index contributed by atoms with van der Waals surface area (Å²) in [5, 5.41) is 22.6. The largest absolute Gasteiger partial charge is 0.481 e. The minimum absolute atomic E-state index is 0.168. The fraction of sp³-hybridized carbons (Fsp3) is 0.579. The molecule has 1 fully saturated rings. The van der Waals surface area contributed by atoms with Crippen molar-refractivity contribution < 1.29 is 24.5 Å². The molecule has 1 saturated carbocycles. The van der Waals surface area contributed by atoms with Crippen LogP contribution in [0.15, 0.2) is 30.3 Å². The molecule has 3 atom stereocenters. The number of nitrogens with one attached hydrogen (secondary N) is 1. The number of carbonyl (C=O) groups excluding carboxylic acids is 1. The second-order valence-electron chi connectivity index (χ2n) is 7.82. The fourth-order valence-corrected chi connectivity index (χ4v) is 3.50. The first-order valence-electron chi connectivity index (χ1n) is 8.52. The number of carboxylic acids is 1. The van der Waals surface area contributed by atoms with Crippen molar-refractivity contribution >= 4 is 12.1 Å². The van der Waals surface area contributed by atoms with Crippen LogP contribution in [0.5, 0.6) is 0 Å². The molecule has 0 aliphatic heterocycles. The molecule has 6 nitrogen and oxygen atoms in total. The molecule has 1 aliphatic carbocycles. The molecule has 1 amide bonds. The maximum absolute atomic E-state index is 11.8. The SMILES string of the molecule is CC(C)(C)[C@]1(C(=O)O)C[C@H](CNC(=O)OCc2ccccc2)[C@H](O)C1. The van der Waals surface area contributed by atoms with E-state index in [1.807, 2.05) is 51.1 Å². The quantitative estimate of drug-likeness (QED) is 0.760. The maximum atomic E-state index is 11.8. The first-order valence-corrected chi connectivity index (χ1v) is 8.52. The number of ether oxygens (including phenoxy) is 1. The van der Waals surface area contributed by atoms with Gasteiger partial charge >= 0.3 is 12.1 Å². The molecule has 0 spiro atoms. The van der Waals surface area contributed by atoms with E-state index in [2.05, 4.69) is 5.32 Å². The molecule has 0 bridgehead atoms. The Bertz CT molecular complexity index is 610. The first kappa shape index (κ1) is 19.2. The number of hydrogen-bond acceptors (Lipinski definition) is 4. The van der Waals surface area contributed by atoms with Gasteiger partial charge in [-0.25, -0.2) is 4.79 Å². The van der Waals surface area contributed by atoms with Gasteiger partial charge in [0, 0.05) is 12.5 Å². The normalized spacial score (nSPS) is 26.2. The van der Waals surface area contributed by atoms with E-state index >= 15 is 0 Å². The number of alkyl carbamates (subject to hydrolysis) is 1. The van der Waals surface area contributed by atoms with Crippen molar-refractivity contribution in [1.82, 2.24) is 5.32 Å². The monoisotopic (exact) mass is 349 g/mol. The Morgan fingerprint density at radius 2 is 1.88 bits per heavy atom. The lowest BCUT2D eigenvalue weighted by molar-refractivity contribution is -0.156. The number of rotatable bonds is 5. The molecule has 138 valence electrons. The van der Waals surface area contributed by atoms with Gasteiger partial charge in [0.05, 0.1) is 11.5 Å². The van der Waals surface area contributed by atoms with Crippen LogP contribution in [0, 0.1) is 16.7 Å². The molecule has 0 heterocycles. The van der Waals surface area contributed by atoms with Crippen molar-refractivity contribution in [3.8, 4) is 0 Å². The zero-order valence-corrected chi connectivity index (χ0v) is 15.0. The van der Waals surface area contributed by atoms with E-state index in [1.54, 1.807) is 0 Å². The molecular formula is C19H27NO5. The minimum Gasteiger partial charge on any atom is -0.481 e. The lowest BCUT2D eigenvalue weighted by Gasteiger charge is -2.38. The van der Waals surface area contributed by atoms with E-state index in [9.17, 15) is 19.8 Å². The van der Waals surface area contributed by atoms with Crippen molar-refractivity contribution in [1.29, 1.82) is 0 Å². The number of aliphatic hydroxyl groups excluding tert-OH is 1. The van der Waals surface area contributed by atoms with Crippen LogP contribution >= 0.6 is 0 Å². The number of aliphatic carboxylic acids is 1. The van der Waals surface area contributed by atoms with Crippen LogP contribution in [0.25, 0.3) is 0 Å². The highest BCUT2D eigenvalue weighted by molar-refractivity contribution is 5.76. The summed E-state index contributed by atoms with van der Waals surface area (Å²) in [6.07, 6.45) is -0.812. The van der Waals surface area contributed by atoms with E-state index in [0.29, 0.717) is 6.42 Å². The third kappa shape index (κ3) is 4.31. The summed E-state index contributed by atoms with van der Waals surface area (Å²) in [6.45, 7) is 5.98. The zero-order chi connectivity index (χ0) is 18.7. The standard InChI is InChI=1S/C19H27NO5/c1-18(2,3)19(16(22)23)9-14(15(21)10-19)11-20-17(24)25-12-13-7-5-4-6-8-13/h4-8,14-15,21H,9-12H2,1-3H3,(H,20,24)(H,22,23)/t14-,15-,19-/m1/s1. The Morgan fingerprint density at radius 3 is 2.40 bits per heavy atom. The Morgan fingerprint density at radius 1 is 1.24 bits per heavy atom. The van der Waals surface area contributed by atoms with Gasteiger partial charge in [-0.3, -0.25) is 4.79 Å². The third-order valence-electron chi connectivity index (χ3n) is 5.28. The fourth-order valence-electron chi connectivity index (χ4n) is 3.50. The first-order chi connectivity index (χ1) is 11.7. The second-order valence-corrected chi connectivity index (χ2v) is 7.82. The van der Waals surface area contributed by atoms with E-state index in [0.717, 1.165) is 5.56 Å². The van der Waals surface area contributed by atoms with Gasteiger partial charge < -0.3 is 20.3 Å². The van der Waals surface area contributed by atoms with E-state index < -0.39 is 29.0 Å². The number of carbonyl (C=O) groups is 2. The predicted molar refractivity (Wildman–Crippen MR) is 92.9 cm³/mol. The zero-order valence-electron chi connectivity index (χ0n) is 15.0. The average Bonchev–Trinajstić information content (AvgIpc) is 2.90. The smallest absolute Gasteiger partial charge is 0.407 e. The number of hydrogen-bond donors (Lipinski definition) is 3. The Kier molecular flexibility index (Phi) is 5.72. The summed E-state index contributed by atoms with van der Waals surface area (Å²) in [7, 11) is 0. The van der Waals surface area contributed by atoms with Crippen molar-refractivity contribution in [3.05, 3.63) is 35.9 Å². The summed E-state index contributed by atoms with van der Waals surface area (Å²) >= 11 is 0. The topological polar surface area (TPSA) is 95.9 Å². The molecule has 1 aromatic rings. The highest BCUT2D eigenvalue weighted by Gasteiger charge is 2.56. The summed E-state index contributed by atoms with van der Waals surface area (Å²) in [6, 6.07) is 9.33. The van der Waals surface area contributed by atoms with Gasteiger partial charge in [0.1, 0.15) is 6.61 Å². The van der Waals surface area contributed by atoms with Crippen LogP contribution in [-0.4, -0.2) is 34.9 Å². The van der Waals surface area contributed by atoms with Gasteiger partial charge in [0.2, 0.25) is 0 Å². The third-order valence-corrected chi connectivity index (χ3v) is 5.28. The maximum Gasteiger partial charge on any atom is 0.407 e. The molecule has 0 saturated heterocycles. The van der Waals surface area contributed by atoms with Gasteiger partial charge in [-0.2, -0.15) is 0 Å². The van der Waals surface area contributed by atoms with Crippen LogP contribution in [0.2, 0.25) is 0 Å². The van der Waals surface area contributed by atoms with Crippen LogP contribution < -0.4 is 5.32 Å². The molecule has 1 aromatic carbocycles. The summed E-state index contributed by atoms with van der Waals surface area (Å²) < 4.78 is 5.14. The Labute approximate surface area is 148 Å². The second kappa shape index (κ2) is 7.44. The molecule has 1 aliphatic rings. The summed E-state index contributed by atoms with van der Waals surface area (Å²) in [5.41, 5.74) is -0.592. The molecule has 0 aromatic heterocycles. The van der Waals surface area contributed by atoms with Crippen molar-refractivity contribution in [3.63, 3.8) is 0 Å². The van der Waals surface area contributed by atoms with Gasteiger partial charge in [-0.1, -0.05) is 51.1 Å².